The molecule has 0 saturated heterocycles. The van der Waals surface area contributed by atoms with Crippen molar-refractivity contribution in [1.82, 2.24) is 0 Å². The third-order valence-electron chi connectivity index (χ3n) is 0.616. The van der Waals surface area contributed by atoms with Crippen molar-refractivity contribution >= 4 is 29.2 Å². The topological polar surface area (TPSA) is 26.3 Å². The zero-order valence-electron chi connectivity index (χ0n) is 4.28. The second-order valence-corrected chi connectivity index (χ2v) is 2.38. The molecule has 0 aromatic heterocycles. The number of carbonyl (C=O) groups excluding carboxylic acids is 1. The molecule has 0 aliphatic heterocycles. The summed E-state index contributed by atoms with van der Waals surface area (Å²) < 4.78 is 34.7. The molecule has 0 rings (SSSR count). The van der Waals surface area contributed by atoms with Crippen LogP contribution >= 0.6 is 23.2 Å². The first-order chi connectivity index (χ1) is 4.42. The molecule has 0 aromatic rings. The van der Waals surface area contributed by atoms with Gasteiger partial charge in [0.2, 0.25) is 0 Å². The Morgan fingerprint density at radius 3 is 2.00 bits per heavy atom. The zero-order chi connectivity index (χ0) is 8.36. The van der Waals surface area contributed by atoms with Crippen LogP contribution in [-0.2, 0) is 9.74 Å². The van der Waals surface area contributed by atoms with Gasteiger partial charge < -0.3 is 0 Å². The van der Waals surface area contributed by atoms with Gasteiger partial charge in [-0.25, -0.2) is 9.74 Å². The molecule has 7 heteroatoms. The summed E-state index contributed by atoms with van der Waals surface area (Å²) in [5, 5.41) is 0. The minimum absolute atomic E-state index is 2.22. The van der Waals surface area contributed by atoms with Crippen LogP contribution in [0.15, 0.2) is 0 Å². The number of carbonyl (C=O) groups is 1. The van der Waals surface area contributed by atoms with Crippen molar-refractivity contribution in [1.29, 1.82) is 0 Å². The Morgan fingerprint density at radius 1 is 1.50 bits per heavy atom. The quantitative estimate of drug-likeness (QED) is 0.631. The molecule has 0 aliphatic carbocycles. The Labute approximate surface area is 63.7 Å². The first-order valence-corrected chi connectivity index (χ1v) is 2.79. The first kappa shape index (κ1) is 9.84. The Bertz CT molecular complexity index is 138. The van der Waals surface area contributed by atoms with E-state index in [1.807, 2.05) is 0 Å². The minimum Gasteiger partial charge on any atom is -0.248 e. The molecule has 0 heterocycles. The fourth-order valence-electron chi connectivity index (χ4n) is 0.141. The van der Waals surface area contributed by atoms with Gasteiger partial charge in [0.1, 0.15) is 0 Å². The molecule has 0 atom stereocenters. The number of alkyl halides is 4. The fourth-order valence-corrected chi connectivity index (χ4v) is 0.319. The summed E-state index contributed by atoms with van der Waals surface area (Å²) in [6.07, 6.45) is 0. The highest BCUT2D eigenvalue weighted by molar-refractivity contribution is 6.46. The van der Waals surface area contributed by atoms with Crippen LogP contribution < -0.4 is 0 Å². The van der Waals surface area contributed by atoms with Crippen molar-refractivity contribution < 1.29 is 23.0 Å². The summed E-state index contributed by atoms with van der Waals surface area (Å²) in [6.45, 7) is 0. The molecule has 10 heavy (non-hydrogen) atoms. The number of rotatable bonds is 2. The van der Waals surface area contributed by atoms with Crippen LogP contribution in [-0.4, -0.2) is 16.7 Å². The maximum atomic E-state index is 12.0. The molecule has 0 amide bonds. The van der Waals surface area contributed by atoms with E-state index in [0.29, 0.717) is 0 Å². The normalized spacial score (nSPS) is 11.8. The molecule has 0 unspecified atom stereocenters. The molecule has 0 saturated carbocycles. The molecule has 60 valence electrons. The van der Waals surface area contributed by atoms with E-state index in [4.69, 9.17) is 0 Å². The van der Waals surface area contributed by atoms with Crippen LogP contribution in [0.2, 0.25) is 0 Å². The molecule has 0 aliphatic rings. The second-order valence-electron chi connectivity index (χ2n) is 1.29. The Morgan fingerprint density at radius 2 is 1.90 bits per heavy atom. The molecular weight excluding hydrogens is 196 g/mol. The summed E-state index contributed by atoms with van der Waals surface area (Å²) in [7, 11) is 0. The largest absolute Gasteiger partial charge is 0.420 e. The van der Waals surface area contributed by atoms with Crippen LogP contribution in [0.4, 0.5) is 13.3 Å². The lowest BCUT2D eigenvalue weighted by molar-refractivity contribution is -0.209. The minimum atomic E-state index is -4.20. The van der Waals surface area contributed by atoms with Gasteiger partial charge in [0.15, 0.2) is 4.84 Å². The van der Waals surface area contributed by atoms with Gasteiger partial charge in [-0.2, -0.15) is 8.78 Å². The van der Waals surface area contributed by atoms with Crippen molar-refractivity contribution in [3.05, 3.63) is 0 Å². The van der Waals surface area contributed by atoms with Crippen molar-refractivity contribution in [3.8, 4) is 0 Å². The monoisotopic (exact) mass is 196 g/mol. The third-order valence-corrected chi connectivity index (χ3v) is 1.16. The Hall–Kier alpha value is -0.160. The van der Waals surface area contributed by atoms with Crippen molar-refractivity contribution in [2.24, 2.45) is 0 Å². The molecule has 0 aromatic carbocycles. The van der Waals surface area contributed by atoms with E-state index in [0.717, 1.165) is 0 Å². The lowest BCUT2D eigenvalue weighted by atomic mass is 10.4. The van der Waals surface area contributed by atoms with Gasteiger partial charge in [-0.05, 0) is 0 Å². The average Bonchev–Trinajstić information content (AvgIpc) is 1.86. The summed E-state index contributed by atoms with van der Waals surface area (Å²) in [5.41, 5.74) is 0. The van der Waals surface area contributed by atoms with Gasteiger partial charge in [0.05, 0.1) is 0 Å². The van der Waals surface area contributed by atoms with Gasteiger partial charge in [-0.1, -0.05) is 23.2 Å². The van der Waals surface area contributed by atoms with Crippen LogP contribution in [0.25, 0.3) is 0 Å². The van der Waals surface area contributed by atoms with E-state index < -0.39 is 16.7 Å². The summed E-state index contributed by atoms with van der Waals surface area (Å²) in [6, 6.07) is 0. The molecule has 0 fully saturated rings. The number of hydrogen-bond donors (Lipinski definition) is 0. The van der Waals surface area contributed by atoms with Crippen molar-refractivity contribution in [3.63, 3.8) is 0 Å². The maximum absolute atomic E-state index is 12.0. The summed E-state index contributed by atoms with van der Waals surface area (Å²) in [4.78, 5) is 9.67. The molecule has 0 spiro atoms. The highest BCUT2D eigenvalue weighted by atomic mass is 35.5. The number of hydrogen-bond acceptors (Lipinski definition) is 2. The highest BCUT2D eigenvalue weighted by Crippen LogP contribution is 2.27. The smallest absolute Gasteiger partial charge is 0.248 e. The van der Waals surface area contributed by atoms with E-state index in [9.17, 15) is 18.1 Å². The van der Waals surface area contributed by atoms with Gasteiger partial charge >= 0.3 is 11.9 Å². The van der Waals surface area contributed by atoms with Crippen LogP contribution in [0.1, 0.15) is 0 Å². The lowest BCUT2D eigenvalue weighted by Crippen LogP contribution is -2.35. The van der Waals surface area contributed by atoms with Crippen LogP contribution in [0.3, 0.4) is 0 Å². The molecule has 0 bridgehead atoms. The summed E-state index contributed by atoms with van der Waals surface area (Å²) >= 11 is 9.18. The lowest BCUT2D eigenvalue weighted by Gasteiger charge is -2.10. The maximum Gasteiger partial charge on any atom is 0.420 e. The van der Waals surface area contributed by atoms with Gasteiger partial charge in [0, 0.05) is 4.53 Å². The standard InChI is InChI=1S/C3HCl2F3O2/c4-1(5)3(6,7)2(9)10-8/h1H. The van der Waals surface area contributed by atoms with E-state index in [1.54, 1.807) is 0 Å². The Balaban J connectivity index is 4.24. The highest BCUT2D eigenvalue weighted by Gasteiger charge is 2.48. The molecule has 2 nitrogen and oxygen atoms in total. The van der Waals surface area contributed by atoms with Gasteiger partial charge in [-0.15, -0.1) is 0 Å². The predicted octanol–water partition coefficient (Wildman–Crippen LogP) is 1.85. The van der Waals surface area contributed by atoms with E-state index in [-0.39, 0.29) is 0 Å². The zero-order valence-corrected chi connectivity index (χ0v) is 5.80. The van der Waals surface area contributed by atoms with E-state index >= 15 is 0 Å². The van der Waals surface area contributed by atoms with Crippen molar-refractivity contribution in [2.75, 3.05) is 0 Å². The first-order valence-electron chi connectivity index (χ1n) is 1.92. The molecule has 0 N–H and O–H groups in total. The SMILES string of the molecule is O=C(OF)C(F)(F)C(Cl)Cl. The van der Waals surface area contributed by atoms with Crippen molar-refractivity contribution in [2.45, 2.75) is 10.8 Å². The predicted molar refractivity (Wildman–Crippen MR) is 27.6 cm³/mol. The third kappa shape index (κ3) is 1.91. The molecule has 0 radical (unpaired) electrons. The fraction of sp³-hybridized carbons (Fsp3) is 0.667. The van der Waals surface area contributed by atoms with E-state index in [1.165, 1.54) is 0 Å². The molecular formula is C3HCl2F3O2. The average molecular weight is 197 g/mol. The van der Waals surface area contributed by atoms with Crippen LogP contribution in [0, 0.1) is 0 Å². The van der Waals surface area contributed by atoms with E-state index in [2.05, 4.69) is 28.1 Å². The van der Waals surface area contributed by atoms with Gasteiger partial charge in [0.25, 0.3) is 0 Å². The Kier molecular flexibility index (Phi) is 3.24. The number of halogens is 5. The summed E-state index contributed by atoms with van der Waals surface area (Å²) in [5.74, 6) is -6.60. The second kappa shape index (κ2) is 3.30. The van der Waals surface area contributed by atoms with Crippen LogP contribution in [0.5, 0.6) is 0 Å². The van der Waals surface area contributed by atoms with Gasteiger partial charge in [-0.3, -0.25) is 0 Å².